The Kier molecular flexibility index (Phi) is 6.50. The summed E-state index contributed by atoms with van der Waals surface area (Å²) in [5.41, 5.74) is 2.56. The fraction of sp³-hybridized carbons (Fsp3) is 0.111. The van der Waals surface area contributed by atoms with Gasteiger partial charge < -0.3 is 0 Å². The van der Waals surface area contributed by atoms with E-state index in [-0.39, 0.29) is 5.57 Å². The minimum absolute atomic E-state index is 0.146. The van der Waals surface area contributed by atoms with Crippen LogP contribution in [0.15, 0.2) is 66.2 Å². The molecule has 0 radical (unpaired) electrons. The zero-order chi connectivity index (χ0) is 14.8. The highest BCUT2D eigenvalue weighted by atomic mass is 16.1. The van der Waals surface area contributed by atoms with Crippen LogP contribution in [0.2, 0.25) is 0 Å². The number of hydrogen-bond donors (Lipinski definition) is 0. The van der Waals surface area contributed by atoms with E-state index in [1.165, 1.54) is 0 Å². The Hall–Kier alpha value is -2.66. The van der Waals surface area contributed by atoms with Gasteiger partial charge in [0.2, 0.25) is 0 Å². The predicted octanol–water partition coefficient (Wildman–Crippen LogP) is 4.24. The molecule has 0 heterocycles. The van der Waals surface area contributed by atoms with Gasteiger partial charge in [-0.05, 0) is 11.1 Å². The summed E-state index contributed by atoms with van der Waals surface area (Å²) in [7, 11) is 0. The molecule has 0 aromatic heterocycles. The van der Waals surface area contributed by atoms with E-state index in [0.29, 0.717) is 11.9 Å². The van der Waals surface area contributed by atoms with Crippen molar-refractivity contribution in [2.75, 3.05) is 0 Å². The Balaban J connectivity index is 0.000000956. The van der Waals surface area contributed by atoms with Crippen LogP contribution in [0.1, 0.15) is 25.0 Å². The third-order valence-corrected chi connectivity index (χ3v) is 2.63. The molecular weight excluding hydrogens is 246 g/mol. The van der Waals surface area contributed by atoms with Crippen LogP contribution >= 0.6 is 0 Å². The highest BCUT2D eigenvalue weighted by Gasteiger charge is 2.10. The fourth-order valence-electron chi connectivity index (χ4n) is 1.83. The lowest BCUT2D eigenvalue weighted by Gasteiger charge is -2.08. The van der Waals surface area contributed by atoms with Crippen molar-refractivity contribution in [3.05, 3.63) is 77.4 Å². The molecule has 0 aliphatic rings. The molecule has 0 saturated carbocycles. The molecular formula is C18H17NO. The van der Waals surface area contributed by atoms with E-state index in [9.17, 15) is 4.79 Å². The van der Waals surface area contributed by atoms with E-state index in [4.69, 9.17) is 5.26 Å². The average molecular weight is 263 g/mol. The van der Waals surface area contributed by atoms with E-state index < -0.39 is 0 Å². The maximum absolute atomic E-state index is 11.0. The minimum Gasteiger partial charge on any atom is -0.297 e. The molecule has 0 fully saturated rings. The summed E-state index contributed by atoms with van der Waals surface area (Å²) in [5, 5.41) is 9.08. The van der Waals surface area contributed by atoms with Crippen molar-refractivity contribution in [2.24, 2.45) is 0 Å². The van der Waals surface area contributed by atoms with Gasteiger partial charge >= 0.3 is 0 Å². The van der Waals surface area contributed by atoms with Gasteiger partial charge in [0.05, 0.1) is 0 Å². The summed E-state index contributed by atoms with van der Waals surface area (Å²) in [5.74, 6) is 0. The van der Waals surface area contributed by atoms with Crippen LogP contribution in [-0.4, -0.2) is 6.29 Å². The lowest BCUT2D eigenvalue weighted by molar-refractivity contribution is -0.104. The first-order chi connectivity index (χ1) is 9.86. The Bertz CT molecular complexity index is 565. The Morgan fingerprint density at radius 1 is 0.900 bits per heavy atom. The first-order valence-electron chi connectivity index (χ1n) is 6.57. The number of hydrogen-bond acceptors (Lipinski definition) is 2. The number of carbonyl (C=O) groups is 1. The summed E-state index contributed by atoms with van der Waals surface area (Å²) < 4.78 is 0. The number of benzene rings is 2. The number of aldehydes is 1. The van der Waals surface area contributed by atoms with Crippen LogP contribution in [0.4, 0.5) is 0 Å². The third kappa shape index (κ3) is 3.66. The Labute approximate surface area is 120 Å². The van der Waals surface area contributed by atoms with Crippen LogP contribution in [0.25, 0.3) is 5.57 Å². The quantitative estimate of drug-likeness (QED) is 0.472. The van der Waals surface area contributed by atoms with Gasteiger partial charge in [-0.1, -0.05) is 74.5 Å². The van der Waals surface area contributed by atoms with E-state index in [1.807, 2.05) is 80.6 Å². The summed E-state index contributed by atoms with van der Waals surface area (Å²) in [6.07, 6.45) is 0.606. The van der Waals surface area contributed by atoms with Crippen molar-refractivity contribution in [3.63, 3.8) is 0 Å². The number of nitriles is 1. The number of carbonyl (C=O) groups excluding carboxylic acids is 1. The largest absolute Gasteiger partial charge is 0.297 e. The molecule has 2 nitrogen and oxygen atoms in total. The van der Waals surface area contributed by atoms with Crippen LogP contribution in [0.5, 0.6) is 0 Å². The zero-order valence-corrected chi connectivity index (χ0v) is 11.7. The molecule has 2 aromatic rings. The maximum atomic E-state index is 11.0. The lowest BCUT2D eigenvalue weighted by atomic mass is 9.94. The first kappa shape index (κ1) is 15.4. The van der Waals surface area contributed by atoms with Gasteiger partial charge in [0, 0.05) is 5.57 Å². The van der Waals surface area contributed by atoms with Crippen molar-refractivity contribution in [1.29, 1.82) is 5.26 Å². The minimum atomic E-state index is 0.146. The predicted molar refractivity (Wildman–Crippen MR) is 81.9 cm³/mol. The molecule has 2 heteroatoms. The van der Waals surface area contributed by atoms with Crippen molar-refractivity contribution in [2.45, 2.75) is 13.8 Å². The standard InChI is InChI=1S/C16H11NO.C2H6/c17-11-15(12-18)16(13-7-3-1-4-8-13)14-9-5-2-6-10-14;1-2/h1-10,12H;1-2H3. The van der Waals surface area contributed by atoms with E-state index >= 15 is 0 Å². The molecule has 0 aliphatic heterocycles. The molecule has 0 spiro atoms. The fourth-order valence-corrected chi connectivity index (χ4v) is 1.83. The molecule has 100 valence electrons. The highest BCUT2D eigenvalue weighted by Crippen LogP contribution is 2.25. The van der Waals surface area contributed by atoms with Crippen LogP contribution in [0.3, 0.4) is 0 Å². The second kappa shape index (κ2) is 8.44. The summed E-state index contributed by atoms with van der Waals surface area (Å²) in [4.78, 5) is 11.0. The molecule has 0 amide bonds. The number of allylic oxidation sites excluding steroid dienone is 1. The molecule has 0 bridgehead atoms. The second-order valence-electron chi connectivity index (χ2n) is 3.75. The third-order valence-electron chi connectivity index (χ3n) is 2.63. The van der Waals surface area contributed by atoms with Gasteiger partial charge in [0.25, 0.3) is 0 Å². The van der Waals surface area contributed by atoms with Gasteiger partial charge in [-0.25, -0.2) is 0 Å². The summed E-state index contributed by atoms with van der Waals surface area (Å²) in [6.45, 7) is 4.00. The molecule has 2 aromatic carbocycles. The SMILES string of the molecule is CC.N#CC(C=O)=C(c1ccccc1)c1ccccc1. The molecule has 20 heavy (non-hydrogen) atoms. The second-order valence-corrected chi connectivity index (χ2v) is 3.75. The van der Waals surface area contributed by atoms with Gasteiger partial charge in [-0.3, -0.25) is 4.79 Å². The summed E-state index contributed by atoms with van der Waals surface area (Å²) in [6, 6.07) is 20.9. The Morgan fingerprint density at radius 2 is 1.30 bits per heavy atom. The van der Waals surface area contributed by atoms with Gasteiger partial charge in [-0.2, -0.15) is 5.26 Å². The normalized spacial score (nSPS) is 8.65. The number of nitrogens with zero attached hydrogens (tertiary/aromatic N) is 1. The van der Waals surface area contributed by atoms with Crippen molar-refractivity contribution in [3.8, 4) is 6.07 Å². The molecule has 0 saturated heterocycles. The van der Waals surface area contributed by atoms with Crippen LogP contribution in [0, 0.1) is 11.3 Å². The van der Waals surface area contributed by atoms with Crippen LogP contribution < -0.4 is 0 Å². The monoisotopic (exact) mass is 263 g/mol. The molecule has 0 unspecified atom stereocenters. The van der Waals surface area contributed by atoms with E-state index in [2.05, 4.69) is 0 Å². The van der Waals surface area contributed by atoms with E-state index in [0.717, 1.165) is 11.1 Å². The van der Waals surface area contributed by atoms with Crippen molar-refractivity contribution < 1.29 is 4.79 Å². The molecule has 2 rings (SSSR count). The average Bonchev–Trinajstić information content (AvgIpc) is 2.56. The smallest absolute Gasteiger partial charge is 0.161 e. The van der Waals surface area contributed by atoms with E-state index in [1.54, 1.807) is 0 Å². The van der Waals surface area contributed by atoms with Gasteiger partial charge in [0.15, 0.2) is 6.29 Å². The van der Waals surface area contributed by atoms with Crippen LogP contribution in [-0.2, 0) is 4.79 Å². The Morgan fingerprint density at radius 3 is 1.60 bits per heavy atom. The van der Waals surface area contributed by atoms with Crippen molar-refractivity contribution >= 4 is 11.9 Å². The van der Waals surface area contributed by atoms with Gasteiger partial charge in [-0.15, -0.1) is 0 Å². The summed E-state index contributed by atoms with van der Waals surface area (Å²) >= 11 is 0. The zero-order valence-electron chi connectivity index (χ0n) is 11.7. The first-order valence-corrected chi connectivity index (χ1v) is 6.57. The topological polar surface area (TPSA) is 40.9 Å². The van der Waals surface area contributed by atoms with Gasteiger partial charge in [0.1, 0.15) is 11.6 Å². The molecule has 0 aliphatic carbocycles. The van der Waals surface area contributed by atoms with Crippen molar-refractivity contribution in [1.82, 2.24) is 0 Å². The molecule has 0 N–H and O–H groups in total. The highest BCUT2D eigenvalue weighted by molar-refractivity contribution is 5.98. The maximum Gasteiger partial charge on any atom is 0.161 e. The number of rotatable bonds is 3. The molecule has 0 atom stereocenters. The lowest BCUT2D eigenvalue weighted by Crippen LogP contribution is -1.94.